The summed E-state index contributed by atoms with van der Waals surface area (Å²) in [7, 11) is 0. The Labute approximate surface area is 130 Å². The molecule has 1 amide bonds. The lowest BCUT2D eigenvalue weighted by Gasteiger charge is -2.33. The number of aryl methyl sites for hydroxylation is 1. The molecule has 0 aliphatic carbocycles. The molecule has 1 aliphatic rings. The Hall–Kier alpha value is -1.11. The first-order valence-electron chi connectivity index (χ1n) is 7.65. The van der Waals surface area contributed by atoms with E-state index >= 15 is 0 Å². The molecule has 1 fully saturated rings. The van der Waals surface area contributed by atoms with Crippen LogP contribution in [0.1, 0.15) is 43.0 Å². The lowest BCUT2D eigenvalue weighted by molar-refractivity contribution is 0.0908. The van der Waals surface area contributed by atoms with Gasteiger partial charge in [-0.1, -0.05) is 25.4 Å². The van der Waals surface area contributed by atoms with Gasteiger partial charge >= 0.3 is 0 Å². The number of hydrogen-bond acceptors (Lipinski definition) is 4. The second-order valence-electron chi connectivity index (χ2n) is 5.34. The zero-order valence-corrected chi connectivity index (χ0v) is 13.4. The maximum atomic E-state index is 12.3. The molecule has 0 aromatic carbocycles. The molecule has 2 unspecified atom stereocenters. The minimum absolute atomic E-state index is 0.110. The van der Waals surface area contributed by atoms with Crippen LogP contribution >= 0.6 is 11.6 Å². The lowest BCUT2D eigenvalue weighted by Crippen LogP contribution is -2.58. The fourth-order valence-electron chi connectivity index (χ4n) is 2.54. The lowest BCUT2D eigenvalue weighted by atomic mass is 10.0. The molecule has 0 saturated carbocycles. The number of amides is 1. The molecular weight excluding hydrogens is 290 g/mol. The van der Waals surface area contributed by atoms with Crippen molar-refractivity contribution in [2.45, 2.75) is 45.2 Å². The van der Waals surface area contributed by atoms with Gasteiger partial charge < -0.3 is 20.9 Å². The summed E-state index contributed by atoms with van der Waals surface area (Å²) in [6.07, 6.45) is 2.71. The van der Waals surface area contributed by atoms with Crippen molar-refractivity contribution >= 4 is 17.5 Å². The largest absolute Gasteiger partial charge is 0.345 e. The summed E-state index contributed by atoms with van der Waals surface area (Å²) in [4.78, 5) is 19.4. The van der Waals surface area contributed by atoms with E-state index in [4.69, 9.17) is 11.6 Å². The quantitative estimate of drug-likeness (QED) is 0.633. The Morgan fingerprint density at radius 3 is 2.90 bits per heavy atom. The second-order valence-corrected chi connectivity index (χ2v) is 5.70. The van der Waals surface area contributed by atoms with Gasteiger partial charge in [0, 0.05) is 18.6 Å². The van der Waals surface area contributed by atoms with Crippen LogP contribution in [0.3, 0.4) is 0 Å². The fourth-order valence-corrected chi connectivity index (χ4v) is 2.81. The van der Waals surface area contributed by atoms with Crippen LogP contribution in [0.2, 0.25) is 5.15 Å². The molecule has 21 heavy (non-hydrogen) atoms. The van der Waals surface area contributed by atoms with E-state index in [0.717, 1.165) is 44.6 Å². The summed E-state index contributed by atoms with van der Waals surface area (Å²) in [5.74, 6) is 0.108. The second kappa shape index (κ2) is 7.77. The van der Waals surface area contributed by atoms with Crippen LogP contribution in [0.5, 0.6) is 0 Å². The minimum atomic E-state index is -0.188. The molecule has 4 N–H and O–H groups in total. The highest BCUT2D eigenvalue weighted by Gasteiger charge is 2.27. The van der Waals surface area contributed by atoms with E-state index in [9.17, 15) is 4.79 Å². The molecule has 1 aromatic heterocycles. The Morgan fingerprint density at radius 1 is 1.43 bits per heavy atom. The highest BCUT2D eigenvalue weighted by atomic mass is 35.5. The number of imidazole rings is 1. The number of carbonyl (C=O) groups is 1. The highest BCUT2D eigenvalue weighted by molar-refractivity contribution is 6.30. The average molecular weight is 314 g/mol. The Kier molecular flexibility index (Phi) is 6.02. The van der Waals surface area contributed by atoms with E-state index in [0.29, 0.717) is 11.0 Å². The molecular formula is C14H24ClN5O. The summed E-state index contributed by atoms with van der Waals surface area (Å²) in [5.41, 5.74) is 0.799. The summed E-state index contributed by atoms with van der Waals surface area (Å²) >= 11 is 5.98. The van der Waals surface area contributed by atoms with Gasteiger partial charge in [0.1, 0.15) is 0 Å². The van der Waals surface area contributed by atoms with Gasteiger partial charge in [-0.15, -0.1) is 0 Å². The molecule has 0 bridgehead atoms. The van der Waals surface area contributed by atoms with Crippen LogP contribution in [-0.4, -0.2) is 47.6 Å². The zero-order valence-electron chi connectivity index (χ0n) is 12.6. The van der Waals surface area contributed by atoms with Gasteiger partial charge in [0.2, 0.25) is 0 Å². The van der Waals surface area contributed by atoms with E-state index < -0.39 is 0 Å². The van der Waals surface area contributed by atoms with Crippen molar-refractivity contribution in [3.05, 3.63) is 16.7 Å². The topological polar surface area (TPSA) is 81.8 Å². The predicted molar refractivity (Wildman–Crippen MR) is 83.8 cm³/mol. The summed E-state index contributed by atoms with van der Waals surface area (Å²) in [5, 5.41) is 10.3. The molecule has 7 heteroatoms. The van der Waals surface area contributed by atoms with Crippen molar-refractivity contribution in [3.63, 3.8) is 0 Å². The number of hydrogen-bond donors (Lipinski definition) is 4. The van der Waals surface area contributed by atoms with E-state index in [-0.39, 0.29) is 18.0 Å². The third-order valence-electron chi connectivity index (χ3n) is 3.75. The first-order valence-corrected chi connectivity index (χ1v) is 8.02. The first kappa shape index (κ1) is 16.3. The maximum absolute atomic E-state index is 12.3. The number of aromatic amines is 1. The Bertz CT molecular complexity index is 476. The summed E-state index contributed by atoms with van der Waals surface area (Å²) in [6.45, 7) is 6.83. The third kappa shape index (κ3) is 4.18. The van der Waals surface area contributed by atoms with E-state index in [1.807, 2.05) is 6.92 Å². The van der Waals surface area contributed by atoms with Crippen molar-refractivity contribution in [1.29, 1.82) is 0 Å². The van der Waals surface area contributed by atoms with Crippen LogP contribution in [0.15, 0.2) is 0 Å². The minimum Gasteiger partial charge on any atom is -0.345 e. The number of nitrogens with zero attached hydrogens (tertiary/aromatic N) is 1. The number of carbonyl (C=O) groups excluding carboxylic acids is 1. The predicted octanol–water partition coefficient (Wildman–Crippen LogP) is 1.09. The van der Waals surface area contributed by atoms with Crippen molar-refractivity contribution in [2.75, 3.05) is 19.6 Å². The number of rotatable bonds is 6. The Morgan fingerprint density at radius 2 is 2.24 bits per heavy atom. The van der Waals surface area contributed by atoms with Crippen LogP contribution in [-0.2, 0) is 6.42 Å². The van der Waals surface area contributed by atoms with Gasteiger partial charge in [0.05, 0.1) is 5.69 Å². The number of piperidine rings is 1. The normalized spacial score (nSPS) is 22.2. The van der Waals surface area contributed by atoms with Crippen molar-refractivity contribution in [3.8, 4) is 0 Å². The molecule has 0 spiro atoms. The molecule has 2 rings (SSSR count). The van der Waals surface area contributed by atoms with Crippen LogP contribution in [0, 0.1) is 0 Å². The number of aromatic nitrogens is 2. The molecule has 0 radical (unpaired) electrons. The number of nitrogens with one attached hydrogen (secondary N) is 4. The van der Waals surface area contributed by atoms with Crippen molar-refractivity contribution < 1.29 is 4.79 Å². The molecule has 118 valence electrons. The van der Waals surface area contributed by atoms with Crippen molar-refractivity contribution in [2.24, 2.45) is 0 Å². The molecule has 1 aliphatic heterocycles. The monoisotopic (exact) mass is 313 g/mol. The molecule has 1 saturated heterocycles. The van der Waals surface area contributed by atoms with Crippen LogP contribution in [0.4, 0.5) is 0 Å². The van der Waals surface area contributed by atoms with E-state index in [1.54, 1.807) is 0 Å². The fraction of sp³-hybridized carbons (Fsp3) is 0.714. The van der Waals surface area contributed by atoms with Crippen LogP contribution in [0.25, 0.3) is 0 Å². The van der Waals surface area contributed by atoms with E-state index in [2.05, 4.69) is 32.8 Å². The molecule has 1 aromatic rings. The number of halogens is 1. The molecule has 6 nitrogen and oxygen atoms in total. The van der Waals surface area contributed by atoms with E-state index in [1.165, 1.54) is 0 Å². The standard InChI is InChI=1S/C14H24ClN5O/c1-3-6-17-11-8-16-7-5-10(11)19-14(21)13-18-9(4-2)12(15)20-13/h10-11,16-17H,3-8H2,1-2H3,(H,18,20)(H,19,21). The van der Waals surface area contributed by atoms with Gasteiger partial charge in [-0.25, -0.2) is 4.98 Å². The number of H-pyrrole nitrogens is 1. The summed E-state index contributed by atoms with van der Waals surface area (Å²) < 4.78 is 0. The molecule has 2 atom stereocenters. The summed E-state index contributed by atoms with van der Waals surface area (Å²) in [6, 6.07) is 0.359. The van der Waals surface area contributed by atoms with Crippen LogP contribution < -0.4 is 16.0 Å². The molecule has 2 heterocycles. The Balaban J connectivity index is 1.98. The van der Waals surface area contributed by atoms with Gasteiger partial charge in [0.25, 0.3) is 5.91 Å². The van der Waals surface area contributed by atoms with Crippen molar-refractivity contribution in [1.82, 2.24) is 25.9 Å². The van der Waals surface area contributed by atoms with Gasteiger partial charge in [-0.05, 0) is 32.4 Å². The highest BCUT2D eigenvalue weighted by Crippen LogP contribution is 2.13. The maximum Gasteiger partial charge on any atom is 0.287 e. The average Bonchev–Trinajstić information content (AvgIpc) is 2.87. The SMILES string of the molecule is CCCNC1CNCCC1NC(=O)c1nc(Cl)c(CC)[nH]1. The van der Waals surface area contributed by atoms with Gasteiger partial charge in [-0.2, -0.15) is 0 Å². The first-order chi connectivity index (χ1) is 10.2. The zero-order chi connectivity index (χ0) is 15.2. The smallest absolute Gasteiger partial charge is 0.287 e. The third-order valence-corrected chi connectivity index (χ3v) is 4.06. The van der Waals surface area contributed by atoms with Gasteiger partial charge in [-0.3, -0.25) is 4.79 Å². The van der Waals surface area contributed by atoms with Gasteiger partial charge in [0.15, 0.2) is 11.0 Å².